The fraction of sp³-hybridized carbons (Fsp3) is 0.458. The van der Waals surface area contributed by atoms with Crippen molar-refractivity contribution in [3.05, 3.63) is 50.9 Å². The van der Waals surface area contributed by atoms with Crippen molar-refractivity contribution in [2.24, 2.45) is 0 Å². The number of hydrogen-bond acceptors (Lipinski definition) is 5. The summed E-state index contributed by atoms with van der Waals surface area (Å²) in [5.41, 5.74) is 0.985. The first-order valence-corrected chi connectivity index (χ1v) is 12.9. The van der Waals surface area contributed by atoms with Gasteiger partial charge in [0.05, 0.1) is 16.8 Å². The van der Waals surface area contributed by atoms with E-state index >= 15 is 0 Å². The van der Waals surface area contributed by atoms with Gasteiger partial charge in [0.15, 0.2) is 5.16 Å². The molecule has 32 heavy (non-hydrogen) atoms. The van der Waals surface area contributed by atoms with Crippen LogP contribution >= 0.6 is 23.1 Å². The molecule has 0 N–H and O–H groups in total. The number of thiophene rings is 1. The van der Waals surface area contributed by atoms with E-state index < -0.39 is 5.82 Å². The van der Waals surface area contributed by atoms with Crippen LogP contribution in [0.1, 0.15) is 51.0 Å². The average molecular weight is 474 g/mol. The first-order chi connectivity index (χ1) is 15.3. The maximum absolute atomic E-state index is 14.8. The molecule has 0 saturated carbocycles. The first kappa shape index (κ1) is 23.0. The van der Waals surface area contributed by atoms with E-state index in [-0.39, 0.29) is 35.0 Å². The van der Waals surface area contributed by atoms with E-state index in [1.54, 1.807) is 29.5 Å². The zero-order valence-corrected chi connectivity index (χ0v) is 20.5. The third-order valence-electron chi connectivity index (χ3n) is 5.78. The predicted molar refractivity (Wildman–Crippen MR) is 130 cm³/mol. The highest BCUT2D eigenvalue weighted by Gasteiger charge is 2.25. The van der Waals surface area contributed by atoms with E-state index in [4.69, 9.17) is 4.98 Å². The third kappa shape index (κ3) is 4.22. The number of aryl methyl sites for hydroxylation is 2. The van der Waals surface area contributed by atoms with Crippen molar-refractivity contribution in [2.75, 3.05) is 5.75 Å². The van der Waals surface area contributed by atoms with Crippen LogP contribution < -0.4 is 5.56 Å². The number of benzene rings is 1. The first-order valence-electron chi connectivity index (χ1n) is 11.1. The Balaban J connectivity index is 1.82. The lowest BCUT2D eigenvalue weighted by Crippen LogP contribution is -2.43. The summed E-state index contributed by atoms with van der Waals surface area (Å²) in [4.78, 5) is 35.1. The molecule has 0 radical (unpaired) electrons. The fourth-order valence-corrected chi connectivity index (χ4v) is 6.68. The molecule has 5 nitrogen and oxygen atoms in total. The number of fused-ring (bicyclic) bond motifs is 3. The third-order valence-corrected chi connectivity index (χ3v) is 7.89. The van der Waals surface area contributed by atoms with E-state index in [0.717, 1.165) is 31.2 Å². The van der Waals surface area contributed by atoms with E-state index in [9.17, 15) is 14.0 Å². The van der Waals surface area contributed by atoms with Crippen LogP contribution in [0.25, 0.3) is 15.9 Å². The number of amides is 1. The monoisotopic (exact) mass is 473 g/mol. The van der Waals surface area contributed by atoms with Gasteiger partial charge < -0.3 is 4.90 Å². The highest BCUT2D eigenvalue weighted by molar-refractivity contribution is 7.99. The van der Waals surface area contributed by atoms with Crippen LogP contribution in [0.4, 0.5) is 4.39 Å². The molecule has 0 bridgehead atoms. The zero-order valence-electron chi connectivity index (χ0n) is 18.9. The second-order valence-corrected chi connectivity index (χ2v) is 10.7. The van der Waals surface area contributed by atoms with E-state index in [1.807, 2.05) is 32.6 Å². The fourth-order valence-electron chi connectivity index (χ4n) is 4.50. The summed E-state index contributed by atoms with van der Waals surface area (Å²) in [7, 11) is 0. The molecule has 0 saturated heterocycles. The summed E-state index contributed by atoms with van der Waals surface area (Å²) in [5.74, 6) is -0.382. The Morgan fingerprint density at radius 1 is 1.19 bits per heavy atom. The number of carbonyl (C=O) groups is 1. The minimum Gasteiger partial charge on any atom is -0.337 e. The molecule has 0 aliphatic heterocycles. The van der Waals surface area contributed by atoms with Gasteiger partial charge in [-0.25, -0.2) is 9.37 Å². The van der Waals surface area contributed by atoms with Gasteiger partial charge in [0.25, 0.3) is 5.56 Å². The zero-order chi connectivity index (χ0) is 23.0. The number of para-hydroxylation sites is 1. The number of rotatable bonds is 6. The molecule has 1 aliphatic rings. The van der Waals surface area contributed by atoms with Crippen molar-refractivity contribution in [3.8, 4) is 5.69 Å². The van der Waals surface area contributed by atoms with Crippen molar-refractivity contribution in [1.82, 2.24) is 14.5 Å². The molecule has 1 aliphatic carbocycles. The van der Waals surface area contributed by atoms with Gasteiger partial charge in [-0.15, -0.1) is 11.3 Å². The molecule has 2 aromatic heterocycles. The van der Waals surface area contributed by atoms with E-state index in [0.29, 0.717) is 15.4 Å². The average Bonchev–Trinajstić information content (AvgIpc) is 3.11. The molecule has 4 rings (SSSR count). The molecule has 1 amide bonds. The van der Waals surface area contributed by atoms with Gasteiger partial charge in [0.2, 0.25) is 5.91 Å². The van der Waals surface area contributed by atoms with Crippen LogP contribution in [0.15, 0.2) is 34.2 Å². The quantitative estimate of drug-likeness (QED) is 0.365. The molecule has 3 aromatic rings. The van der Waals surface area contributed by atoms with Crippen molar-refractivity contribution in [1.29, 1.82) is 0 Å². The van der Waals surface area contributed by atoms with E-state index in [1.165, 1.54) is 27.3 Å². The highest BCUT2D eigenvalue weighted by Crippen LogP contribution is 2.35. The Hall–Kier alpha value is -2.19. The van der Waals surface area contributed by atoms with Crippen molar-refractivity contribution in [2.45, 2.75) is 70.6 Å². The Labute approximate surface area is 195 Å². The maximum Gasteiger partial charge on any atom is 0.267 e. The second kappa shape index (κ2) is 9.35. The lowest BCUT2D eigenvalue weighted by Gasteiger charge is -2.30. The lowest BCUT2D eigenvalue weighted by molar-refractivity contribution is -0.131. The van der Waals surface area contributed by atoms with Crippen LogP contribution in [0.2, 0.25) is 0 Å². The number of hydrogen-bond donors (Lipinski definition) is 0. The SMILES string of the molecule is CC(C)N(C(=O)CSc1nc2sc3c(c2c(=O)n1-c1ccccc1F)CCCC3)C(C)C. The molecular formula is C24H28FN3O2S2. The standard InChI is InChI=1S/C24H28FN3O2S2/c1-14(2)27(15(3)4)20(29)13-31-24-26-22-21(16-9-5-8-12-19(16)32-22)23(30)28(24)18-11-7-6-10-17(18)25/h6-7,10-11,14-15H,5,8-9,12-13H2,1-4H3. The summed E-state index contributed by atoms with van der Waals surface area (Å²) in [6, 6.07) is 6.36. The van der Waals surface area contributed by atoms with Crippen LogP contribution in [-0.4, -0.2) is 38.2 Å². The van der Waals surface area contributed by atoms with Gasteiger partial charge in [-0.1, -0.05) is 23.9 Å². The second-order valence-electron chi connectivity index (χ2n) is 8.65. The van der Waals surface area contributed by atoms with Crippen molar-refractivity contribution >= 4 is 39.2 Å². The summed E-state index contributed by atoms with van der Waals surface area (Å²) >= 11 is 2.76. The maximum atomic E-state index is 14.8. The summed E-state index contributed by atoms with van der Waals surface area (Å²) < 4.78 is 16.1. The lowest BCUT2D eigenvalue weighted by atomic mass is 9.97. The normalized spacial score (nSPS) is 13.7. The van der Waals surface area contributed by atoms with Crippen LogP contribution in [0, 0.1) is 5.82 Å². The largest absolute Gasteiger partial charge is 0.337 e. The summed E-state index contributed by atoms with van der Waals surface area (Å²) in [6.45, 7) is 7.94. The van der Waals surface area contributed by atoms with Crippen LogP contribution in [0.5, 0.6) is 0 Å². The predicted octanol–water partition coefficient (Wildman–Crippen LogP) is 5.20. The molecule has 0 unspecified atom stereocenters. The molecule has 2 heterocycles. The molecular weight excluding hydrogens is 445 g/mol. The van der Waals surface area contributed by atoms with Gasteiger partial charge in [-0.2, -0.15) is 0 Å². The number of halogens is 1. The molecule has 1 aromatic carbocycles. The molecule has 0 fully saturated rings. The van der Waals surface area contributed by atoms with Crippen molar-refractivity contribution in [3.63, 3.8) is 0 Å². The number of nitrogens with zero attached hydrogens (tertiary/aromatic N) is 3. The minimum absolute atomic E-state index is 0.0279. The summed E-state index contributed by atoms with van der Waals surface area (Å²) in [6.07, 6.45) is 3.96. The molecule has 8 heteroatoms. The van der Waals surface area contributed by atoms with Crippen LogP contribution in [-0.2, 0) is 17.6 Å². The molecule has 0 atom stereocenters. The Bertz CT molecular complexity index is 1210. The van der Waals surface area contributed by atoms with Gasteiger partial charge in [-0.05, 0) is 71.1 Å². The van der Waals surface area contributed by atoms with Gasteiger partial charge in [-0.3, -0.25) is 14.2 Å². The van der Waals surface area contributed by atoms with Crippen LogP contribution in [0.3, 0.4) is 0 Å². The van der Waals surface area contributed by atoms with Gasteiger partial charge in [0, 0.05) is 17.0 Å². The Morgan fingerprint density at radius 3 is 2.56 bits per heavy atom. The number of thioether (sulfide) groups is 1. The number of carbonyl (C=O) groups excluding carboxylic acids is 1. The van der Waals surface area contributed by atoms with Gasteiger partial charge in [0.1, 0.15) is 10.6 Å². The number of aromatic nitrogens is 2. The topological polar surface area (TPSA) is 55.2 Å². The molecule has 170 valence electrons. The highest BCUT2D eigenvalue weighted by atomic mass is 32.2. The summed E-state index contributed by atoms with van der Waals surface area (Å²) in [5, 5.41) is 0.960. The Kier molecular flexibility index (Phi) is 6.72. The van der Waals surface area contributed by atoms with E-state index in [2.05, 4.69) is 0 Å². The minimum atomic E-state index is -0.487. The van der Waals surface area contributed by atoms with Gasteiger partial charge >= 0.3 is 0 Å². The van der Waals surface area contributed by atoms with Crippen molar-refractivity contribution < 1.29 is 9.18 Å². The molecule has 0 spiro atoms. The smallest absolute Gasteiger partial charge is 0.267 e. The Morgan fingerprint density at radius 2 is 1.88 bits per heavy atom.